The molecule has 1 saturated carbocycles. The molecule has 0 amide bonds. The Hall–Kier alpha value is -1.55. The van der Waals surface area contributed by atoms with Crippen molar-refractivity contribution in [1.29, 1.82) is 0 Å². The van der Waals surface area contributed by atoms with E-state index in [0.717, 1.165) is 12.2 Å². The summed E-state index contributed by atoms with van der Waals surface area (Å²) in [7, 11) is 3.61. The van der Waals surface area contributed by atoms with E-state index in [1.807, 2.05) is 18.2 Å². The SMILES string of the molecule is COC(=O)CNc1ccccc1CN(C)C1CCCCC1. The lowest BCUT2D eigenvalue weighted by Gasteiger charge is -2.31. The molecule has 0 spiro atoms. The Kier molecular flexibility index (Phi) is 6.05. The van der Waals surface area contributed by atoms with E-state index in [0.29, 0.717) is 6.04 Å². The average molecular weight is 290 g/mol. The van der Waals surface area contributed by atoms with Crippen LogP contribution >= 0.6 is 0 Å². The molecular weight excluding hydrogens is 264 g/mol. The van der Waals surface area contributed by atoms with Crippen LogP contribution in [0.15, 0.2) is 24.3 Å². The number of para-hydroxylation sites is 1. The van der Waals surface area contributed by atoms with Gasteiger partial charge in [-0.25, -0.2) is 0 Å². The summed E-state index contributed by atoms with van der Waals surface area (Å²) in [6.07, 6.45) is 6.67. The van der Waals surface area contributed by atoms with E-state index in [2.05, 4.69) is 28.1 Å². The average Bonchev–Trinajstić information content (AvgIpc) is 2.54. The highest BCUT2D eigenvalue weighted by Gasteiger charge is 2.18. The minimum absolute atomic E-state index is 0.209. The first kappa shape index (κ1) is 15.8. The summed E-state index contributed by atoms with van der Waals surface area (Å²) < 4.78 is 4.68. The summed E-state index contributed by atoms with van der Waals surface area (Å²) in [4.78, 5) is 13.7. The quantitative estimate of drug-likeness (QED) is 0.818. The summed E-state index contributed by atoms with van der Waals surface area (Å²) in [5, 5.41) is 3.17. The number of rotatable bonds is 6. The number of esters is 1. The molecule has 1 fully saturated rings. The molecule has 0 saturated heterocycles. The van der Waals surface area contributed by atoms with Crippen LogP contribution in [0.2, 0.25) is 0 Å². The number of nitrogens with zero attached hydrogens (tertiary/aromatic N) is 1. The van der Waals surface area contributed by atoms with Crippen LogP contribution in [0.5, 0.6) is 0 Å². The molecule has 1 aliphatic carbocycles. The Labute approximate surface area is 127 Å². The molecule has 4 heteroatoms. The Morgan fingerprint density at radius 3 is 2.71 bits per heavy atom. The van der Waals surface area contributed by atoms with Crippen LogP contribution in [-0.4, -0.2) is 37.6 Å². The van der Waals surface area contributed by atoms with E-state index in [1.165, 1.54) is 44.8 Å². The molecule has 0 atom stereocenters. The van der Waals surface area contributed by atoms with Gasteiger partial charge in [0.05, 0.1) is 7.11 Å². The molecule has 21 heavy (non-hydrogen) atoms. The Morgan fingerprint density at radius 1 is 1.29 bits per heavy atom. The molecule has 0 aromatic heterocycles. The Morgan fingerprint density at radius 2 is 2.00 bits per heavy atom. The fraction of sp³-hybridized carbons (Fsp3) is 0.588. The largest absolute Gasteiger partial charge is 0.468 e. The maximum absolute atomic E-state index is 11.3. The van der Waals surface area contributed by atoms with Gasteiger partial charge in [-0.3, -0.25) is 9.69 Å². The number of hydrogen-bond donors (Lipinski definition) is 1. The summed E-state index contributed by atoms with van der Waals surface area (Å²) in [6, 6.07) is 8.87. The zero-order valence-electron chi connectivity index (χ0n) is 13.1. The molecule has 116 valence electrons. The van der Waals surface area contributed by atoms with Crippen molar-refractivity contribution in [2.45, 2.75) is 44.7 Å². The molecule has 4 nitrogen and oxygen atoms in total. The fourth-order valence-electron chi connectivity index (χ4n) is 2.99. The zero-order chi connectivity index (χ0) is 15.1. The molecule has 1 aromatic rings. The standard InChI is InChI=1S/C17H26N2O2/c1-19(15-9-4-3-5-10-15)13-14-8-6-7-11-16(14)18-12-17(20)21-2/h6-8,11,15,18H,3-5,9-10,12-13H2,1-2H3. The molecule has 1 N–H and O–H groups in total. The lowest BCUT2D eigenvalue weighted by Crippen LogP contribution is -2.33. The first-order chi connectivity index (χ1) is 10.2. The number of carbonyl (C=O) groups is 1. The molecule has 0 bridgehead atoms. The van der Waals surface area contributed by atoms with Crippen molar-refractivity contribution in [2.75, 3.05) is 26.0 Å². The molecular formula is C17H26N2O2. The van der Waals surface area contributed by atoms with Crippen molar-refractivity contribution in [3.63, 3.8) is 0 Å². The lowest BCUT2D eigenvalue weighted by molar-refractivity contribution is -0.138. The predicted molar refractivity (Wildman–Crippen MR) is 85.3 cm³/mol. The highest BCUT2D eigenvalue weighted by Crippen LogP contribution is 2.24. The maximum Gasteiger partial charge on any atom is 0.325 e. The molecule has 2 rings (SSSR count). The van der Waals surface area contributed by atoms with E-state index >= 15 is 0 Å². The molecule has 1 aromatic carbocycles. The predicted octanol–water partition coefficient (Wildman–Crippen LogP) is 3.04. The Bertz CT molecular complexity index is 456. The maximum atomic E-state index is 11.3. The van der Waals surface area contributed by atoms with Crippen molar-refractivity contribution in [3.8, 4) is 0 Å². The van der Waals surface area contributed by atoms with Crippen LogP contribution in [0, 0.1) is 0 Å². The van der Waals surface area contributed by atoms with Gasteiger partial charge in [0.1, 0.15) is 6.54 Å². The van der Waals surface area contributed by atoms with Crippen molar-refractivity contribution in [2.24, 2.45) is 0 Å². The summed E-state index contributed by atoms with van der Waals surface area (Å²) in [5.41, 5.74) is 2.25. The van der Waals surface area contributed by atoms with E-state index in [1.54, 1.807) is 0 Å². The topological polar surface area (TPSA) is 41.6 Å². The van der Waals surface area contributed by atoms with Gasteiger partial charge in [0.2, 0.25) is 0 Å². The van der Waals surface area contributed by atoms with Gasteiger partial charge in [0, 0.05) is 18.3 Å². The minimum atomic E-state index is -0.245. The smallest absolute Gasteiger partial charge is 0.325 e. The van der Waals surface area contributed by atoms with Gasteiger partial charge in [0.15, 0.2) is 0 Å². The molecule has 0 radical (unpaired) electrons. The number of carbonyl (C=O) groups excluding carboxylic acids is 1. The van der Waals surface area contributed by atoms with Crippen LogP contribution in [0.25, 0.3) is 0 Å². The van der Waals surface area contributed by atoms with Gasteiger partial charge in [-0.1, -0.05) is 37.5 Å². The molecule has 1 aliphatic rings. The number of benzene rings is 1. The van der Waals surface area contributed by atoms with Gasteiger partial charge in [-0.15, -0.1) is 0 Å². The monoisotopic (exact) mass is 290 g/mol. The summed E-state index contributed by atoms with van der Waals surface area (Å²) in [5.74, 6) is -0.245. The molecule has 0 heterocycles. The van der Waals surface area contributed by atoms with E-state index in [-0.39, 0.29) is 12.5 Å². The summed E-state index contributed by atoms with van der Waals surface area (Å²) >= 11 is 0. The normalized spacial score (nSPS) is 16.0. The van der Waals surface area contributed by atoms with Gasteiger partial charge in [-0.05, 0) is 31.5 Å². The van der Waals surface area contributed by atoms with Crippen molar-refractivity contribution in [3.05, 3.63) is 29.8 Å². The van der Waals surface area contributed by atoms with E-state index < -0.39 is 0 Å². The van der Waals surface area contributed by atoms with Crippen LogP contribution in [0.3, 0.4) is 0 Å². The van der Waals surface area contributed by atoms with Crippen LogP contribution in [-0.2, 0) is 16.1 Å². The first-order valence-electron chi connectivity index (χ1n) is 7.79. The van der Waals surface area contributed by atoms with Crippen molar-refractivity contribution < 1.29 is 9.53 Å². The summed E-state index contributed by atoms with van der Waals surface area (Å²) in [6.45, 7) is 1.12. The number of anilines is 1. The second-order valence-corrected chi connectivity index (χ2v) is 5.79. The Balaban J connectivity index is 1.96. The van der Waals surface area contributed by atoms with Crippen molar-refractivity contribution in [1.82, 2.24) is 4.90 Å². The second-order valence-electron chi connectivity index (χ2n) is 5.79. The third-order valence-corrected chi connectivity index (χ3v) is 4.29. The minimum Gasteiger partial charge on any atom is -0.468 e. The number of methoxy groups -OCH3 is 1. The number of hydrogen-bond acceptors (Lipinski definition) is 4. The number of nitrogens with one attached hydrogen (secondary N) is 1. The number of ether oxygens (including phenoxy) is 1. The van der Waals surface area contributed by atoms with E-state index in [9.17, 15) is 4.79 Å². The van der Waals surface area contributed by atoms with Gasteiger partial charge < -0.3 is 10.1 Å². The van der Waals surface area contributed by atoms with Crippen LogP contribution in [0.4, 0.5) is 5.69 Å². The highest BCUT2D eigenvalue weighted by atomic mass is 16.5. The second kappa shape index (κ2) is 8.03. The first-order valence-corrected chi connectivity index (χ1v) is 7.79. The third-order valence-electron chi connectivity index (χ3n) is 4.29. The molecule has 0 unspecified atom stereocenters. The molecule has 0 aliphatic heterocycles. The van der Waals surface area contributed by atoms with E-state index in [4.69, 9.17) is 0 Å². The fourth-order valence-corrected chi connectivity index (χ4v) is 2.99. The van der Waals surface area contributed by atoms with Crippen LogP contribution < -0.4 is 5.32 Å². The van der Waals surface area contributed by atoms with Crippen LogP contribution in [0.1, 0.15) is 37.7 Å². The van der Waals surface area contributed by atoms with Crippen molar-refractivity contribution >= 4 is 11.7 Å². The van der Waals surface area contributed by atoms with Gasteiger partial charge in [-0.2, -0.15) is 0 Å². The zero-order valence-corrected chi connectivity index (χ0v) is 13.1. The third kappa shape index (κ3) is 4.74. The van der Waals surface area contributed by atoms with Gasteiger partial charge >= 0.3 is 5.97 Å². The lowest BCUT2D eigenvalue weighted by atomic mass is 9.94. The highest BCUT2D eigenvalue weighted by molar-refractivity contribution is 5.75. The van der Waals surface area contributed by atoms with Gasteiger partial charge in [0.25, 0.3) is 0 Å².